The number of benzene rings is 1. The summed E-state index contributed by atoms with van der Waals surface area (Å²) in [4.78, 5) is 26.0. The van der Waals surface area contributed by atoms with Crippen LogP contribution in [-0.4, -0.2) is 48.4 Å². The quantitative estimate of drug-likeness (QED) is 0.861. The zero-order valence-corrected chi connectivity index (χ0v) is 13.1. The Morgan fingerprint density at radius 2 is 2.09 bits per heavy atom. The Morgan fingerprint density at radius 3 is 2.82 bits per heavy atom. The van der Waals surface area contributed by atoms with E-state index in [0.29, 0.717) is 32.1 Å². The van der Waals surface area contributed by atoms with Gasteiger partial charge in [0.1, 0.15) is 0 Å². The van der Waals surface area contributed by atoms with Gasteiger partial charge in [0.15, 0.2) is 11.5 Å². The maximum absolute atomic E-state index is 12.3. The lowest BCUT2D eigenvalue weighted by Crippen LogP contribution is -2.38. The monoisotopic (exact) mass is 322 g/mol. The number of hydrogen-bond acceptors (Lipinski definition) is 5. The van der Waals surface area contributed by atoms with Crippen molar-refractivity contribution < 1.29 is 19.1 Å². The van der Waals surface area contributed by atoms with E-state index in [2.05, 4.69) is 5.32 Å². The minimum atomic E-state index is -0.339. The third-order valence-electron chi connectivity index (χ3n) is 3.50. The van der Waals surface area contributed by atoms with Crippen molar-refractivity contribution in [2.75, 3.05) is 26.3 Å². The van der Waals surface area contributed by atoms with Gasteiger partial charge in [-0.3, -0.25) is 9.69 Å². The average Bonchev–Trinajstić information content (AvgIpc) is 2.80. The van der Waals surface area contributed by atoms with Crippen molar-refractivity contribution in [2.45, 2.75) is 23.5 Å². The molecule has 2 aliphatic rings. The highest BCUT2D eigenvalue weighted by molar-refractivity contribution is 8.00. The lowest BCUT2D eigenvalue weighted by atomic mass is 10.3. The number of carbonyl (C=O) groups is 2. The zero-order chi connectivity index (χ0) is 15.5. The lowest BCUT2D eigenvalue weighted by molar-refractivity contribution is -0.126. The van der Waals surface area contributed by atoms with Gasteiger partial charge in [-0.25, -0.2) is 4.79 Å². The van der Waals surface area contributed by atoms with E-state index in [0.717, 1.165) is 17.1 Å². The number of nitrogens with one attached hydrogen (secondary N) is 1. The molecule has 22 heavy (non-hydrogen) atoms. The van der Waals surface area contributed by atoms with Gasteiger partial charge in [-0.2, -0.15) is 0 Å². The number of rotatable bonds is 3. The van der Waals surface area contributed by atoms with Crippen molar-refractivity contribution >= 4 is 23.7 Å². The molecule has 1 aromatic carbocycles. The van der Waals surface area contributed by atoms with Gasteiger partial charge in [-0.05, 0) is 25.1 Å². The fourth-order valence-corrected chi connectivity index (χ4v) is 3.33. The van der Waals surface area contributed by atoms with E-state index in [4.69, 9.17) is 9.47 Å². The molecule has 2 heterocycles. The molecule has 2 aliphatic heterocycles. The van der Waals surface area contributed by atoms with Crippen LogP contribution in [0, 0.1) is 0 Å². The normalized spacial score (nSPS) is 18.6. The van der Waals surface area contributed by atoms with Crippen molar-refractivity contribution in [3.63, 3.8) is 0 Å². The summed E-state index contributed by atoms with van der Waals surface area (Å²) < 4.78 is 11.2. The molecule has 0 radical (unpaired) electrons. The number of carbonyl (C=O) groups excluding carboxylic acids is 2. The minimum Gasteiger partial charge on any atom is -0.490 e. The second kappa shape index (κ2) is 6.48. The smallest absolute Gasteiger partial charge is 0.324 e. The first-order valence-electron chi connectivity index (χ1n) is 7.30. The molecule has 0 bridgehead atoms. The zero-order valence-electron chi connectivity index (χ0n) is 12.3. The van der Waals surface area contributed by atoms with E-state index in [1.807, 2.05) is 25.1 Å². The van der Waals surface area contributed by atoms with Gasteiger partial charge in [0.25, 0.3) is 0 Å². The first kappa shape index (κ1) is 15.0. The van der Waals surface area contributed by atoms with Gasteiger partial charge in [0.05, 0.1) is 18.5 Å². The molecule has 1 atom stereocenters. The van der Waals surface area contributed by atoms with Crippen LogP contribution < -0.4 is 14.8 Å². The second-order valence-electron chi connectivity index (χ2n) is 5.14. The number of urea groups is 1. The van der Waals surface area contributed by atoms with Gasteiger partial charge >= 0.3 is 6.03 Å². The van der Waals surface area contributed by atoms with Crippen LogP contribution in [0.3, 0.4) is 0 Å². The second-order valence-corrected chi connectivity index (χ2v) is 6.56. The van der Waals surface area contributed by atoms with E-state index in [1.54, 1.807) is 0 Å². The molecule has 0 aromatic heterocycles. The summed E-state index contributed by atoms with van der Waals surface area (Å²) in [5, 5.41) is 2.30. The highest BCUT2D eigenvalue weighted by atomic mass is 32.2. The molecule has 0 unspecified atom stereocenters. The molecule has 3 rings (SSSR count). The van der Waals surface area contributed by atoms with Crippen LogP contribution in [0.1, 0.15) is 13.3 Å². The van der Waals surface area contributed by atoms with Crippen molar-refractivity contribution in [3.05, 3.63) is 18.2 Å². The third kappa shape index (κ3) is 3.14. The van der Waals surface area contributed by atoms with Crippen molar-refractivity contribution in [1.29, 1.82) is 0 Å². The molecule has 0 spiro atoms. The molecule has 1 aromatic rings. The maximum Gasteiger partial charge on any atom is 0.324 e. The van der Waals surface area contributed by atoms with Crippen molar-refractivity contribution in [2.24, 2.45) is 0 Å². The Hall–Kier alpha value is -1.89. The fourth-order valence-electron chi connectivity index (χ4n) is 2.37. The molecule has 118 valence electrons. The number of nitrogens with zero attached hydrogens (tertiary/aromatic N) is 1. The Balaban J connectivity index is 1.68. The maximum atomic E-state index is 12.3. The van der Waals surface area contributed by atoms with E-state index >= 15 is 0 Å². The van der Waals surface area contributed by atoms with E-state index < -0.39 is 0 Å². The number of imide groups is 1. The number of fused-ring (bicyclic) bond motifs is 1. The summed E-state index contributed by atoms with van der Waals surface area (Å²) in [6.45, 7) is 4.04. The molecule has 7 heteroatoms. The van der Waals surface area contributed by atoms with Crippen molar-refractivity contribution in [1.82, 2.24) is 10.2 Å². The van der Waals surface area contributed by atoms with Gasteiger partial charge in [-0.15, -0.1) is 11.8 Å². The van der Waals surface area contributed by atoms with Gasteiger partial charge in [0, 0.05) is 24.4 Å². The molecule has 1 fully saturated rings. The molecule has 3 amide bonds. The summed E-state index contributed by atoms with van der Waals surface area (Å²) in [7, 11) is 0. The standard InChI is InChI=1S/C15H18N2O4S/c1-10(14(18)17-6-5-16-15(17)19)22-11-3-4-12-13(9-11)21-8-2-7-20-12/h3-4,9-10H,2,5-8H2,1H3,(H,16,19)/t10-/m0/s1. The summed E-state index contributed by atoms with van der Waals surface area (Å²) in [5.74, 6) is 1.27. The van der Waals surface area contributed by atoms with E-state index in [-0.39, 0.29) is 17.2 Å². The Kier molecular flexibility index (Phi) is 4.42. The summed E-state index contributed by atoms with van der Waals surface area (Å²) in [5.41, 5.74) is 0. The first-order chi connectivity index (χ1) is 10.6. The van der Waals surface area contributed by atoms with Crippen LogP contribution in [0.15, 0.2) is 23.1 Å². The van der Waals surface area contributed by atoms with Crippen LogP contribution in [0.4, 0.5) is 4.79 Å². The van der Waals surface area contributed by atoms with Gasteiger partial charge in [-0.1, -0.05) is 0 Å². The fraction of sp³-hybridized carbons (Fsp3) is 0.467. The van der Waals surface area contributed by atoms with Crippen LogP contribution in [0.2, 0.25) is 0 Å². The highest BCUT2D eigenvalue weighted by Gasteiger charge is 2.30. The third-order valence-corrected chi connectivity index (χ3v) is 4.58. The molecular formula is C15H18N2O4S. The predicted octanol–water partition coefficient (Wildman–Crippen LogP) is 1.88. The molecule has 1 saturated heterocycles. The average molecular weight is 322 g/mol. The lowest BCUT2D eigenvalue weighted by Gasteiger charge is -2.18. The molecular weight excluding hydrogens is 304 g/mol. The van der Waals surface area contributed by atoms with Crippen LogP contribution in [-0.2, 0) is 4.79 Å². The number of thioether (sulfide) groups is 1. The van der Waals surface area contributed by atoms with Crippen molar-refractivity contribution in [3.8, 4) is 11.5 Å². The minimum absolute atomic E-state index is 0.174. The van der Waals surface area contributed by atoms with Crippen LogP contribution in [0.5, 0.6) is 11.5 Å². The number of ether oxygens (including phenoxy) is 2. The van der Waals surface area contributed by atoms with E-state index in [9.17, 15) is 9.59 Å². The highest BCUT2D eigenvalue weighted by Crippen LogP contribution is 2.35. The topological polar surface area (TPSA) is 67.9 Å². The predicted molar refractivity (Wildman–Crippen MR) is 82.5 cm³/mol. The van der Waals surface area contributed by atoms with Gasteiger partial charge in [0.2, 0.25) is 5.91 Å². The van der Waals surface area contributed by atoms with Crippen LogP contribution in [0.25, 0.3) is 0 Å². The Morgan fingerprint density at radius 1 is 1.32 bits per heavy atom. The molecule has 0 aliphatic carbocycles. The number of amides is 3. The summed E-state index contributed by atoms with van der Waals surface area (Å²) in [6, 6.07) is 5.35. The largest absolute Gasteiger partial charge is 0.490 e. The first-order valence-corrected chi connectivity index (χ1v) is 8.18. The molecule has 1 N–H and O–H groups in total. The molecule has 6 nitrogen and oxygen atoms in total. The van der Waals surface area contributed by atoms with Gasteiger partial charge < -0.3 is 14.8 Å². The number of hydrogen-bond donors (Lipinski definition) is 1. The Bertz CT molecular complexity index is 593. The Labute approximate surface area is 133 Å². The summed E-state index contributed by atoms with van der Waals surface area (Å²) >= 11 is 1.41. The van der Waals surface area contributed by atoms with E-state index in [1.165, 1.54) is 16.7 Å². The van der Waals surface area contributed by atoms with Crippen LogP contribution >= 0.6 is 11.8 Å². The molecule has 0 saturated carbocycles. The summed E-state index contributed by atoms with van der Waals surface area (Å²) in [6.07, 6.45) is 0.857. The SMILES string of the molecule is C[C@H](Sc1ccc2c(c1)OCCCO2)C(=O)N1CCNC1=O.